The van der Waals surface area contributed by atoms with Crippen LogP contribution in [0.25, 0.3) is 6.08 Å². The van der Waals surface area contributed by atoms with Gasteiger partial charge in [-0.2, -0.15) is 0 Å². The number of hydroxylamine groups is 1. The average Bonchev–Trinajstić information content (AvgIpc) is 2.74. The van der Waals surface area contributed by atoms with Crippen LogP contribution in [0.4, 0.5) is 11.4 Å². The molecule has 0 saturated carbocycles. The first-order chi connectivity index (χ1) is 13.2. The summed E-state index contributed by atoms with van der Waals surface area (Å²) in [7, 11) is 0. The topological polar surface area (TPSA) is 85.2 Å². The van der Waals surface area contributed by atoms with Gasteiger partial charge in [0.2, 0.25) is 0 Å². The van der Waals surface area contributed by atoms with Gasteiger partial charge in [-0.25, -0.2) is 5.48 Å². The molecule has 2 aromatic carbocycles. The fourth-order valence-corrected chi connectivity index (χ4v) is 3.14. The van der Waals surface area contributed by atoms with E-state index in [1.165, 1.54) is 11.6 Å². The molecule has 1 aliphatic rings. The zero-order valence-electron chi connectivity index (χ0n) is 14.9. The quantitative estimate of drug-likeness (QED) is 0.466. The fraction of sp³-hybridized carbons (Fsp3) is 0.250. The molecule has 2 aromatic rings. The standard InChI is InChI=1S/C20H22N4O3/c25-20(22-27)17-8-9-19(18(15-17)21-26)24-13-11-23(12-14-24)10-4-7-16-5-2-1-3-6-16/h1-9,15,27H,10-14H2,(H,22,25)/b7-4+. The number of hydrogen-bond donors (Lipinski definition) is 2. The van der Waals surface area contributed by atoms with Crippen molar-refractivity contribution in [1.82, 2.24) is 10.4 Å². The predicted octanol–water partition coefficient (Wildman–Crippen LogP) is 3.04. The summed E-state index contributed by atoms with van der Waals surface area (Å²) in [5.41, 5.74) is 3.85. The first-order valence-corrected chi connectivity index (χ1v) is 8.82. The molecule has 1 heterocycles. The number of nitroso groups, excluding NO2 is 1. The van der Waals surface area contributed by atoms with Gasteiger partial charge in [0.05, 0.1) is 5.69 Å². The van der Waals surface area contributed by atoms with Gasteiger partial charge in [0.1, 0.15) is 5.69 Å². The van der Waals surface area contributed by atoms with Gasteiger partial charge < -0.3 is 4.90 Å². The fourth-order valence-electron chi connectivity index (χ4n) is 3.14. The van der Waals surface area contributed by atoms with Crippen molar-refractivity contribution in [3.63, 3.8) is 0 Å². The molecule has 27 heavy (non-hydrogen) atoms. The Balaban J connectivity index is 1.58. The SMILES string of the molecule is O=Nc1cc(C(=O)NO)ccc1N1CCN(C/C=C/c2ccccc2)CC1. The third kappa shape index (κ3) is 4.78. The maximum Gasteiger partial charge on any atom is 0.274 e. The number of carbonyl (C=O) groups excluding carboxylic acids is 1. The molecule has 1 fully saturated rings. The number of anilines is 1. The molecule has 0 aliphatic carbocycles. The van der Waals surface area contributed by atoms with Crippen LogP contribution >= 0.6 is 0 Å². The Kier molecular flexibility index (Phi) is 6.30. The Morgan fingerprint density at radius 3 is 2.52 bits per heavy atom. The van der Waals surface area contributed by atoms with E-state index in [9.17, 15) is 9.70 Å². The van der Waals surface area contributed by atoms with Gasteiger partial charge in [0, 0.05) is 38.3 Å². The van der Waals surface area contributed by atoms with Crippen molar-refractivity contribution >= 4 is 23.4 Å². The van der Waals surface area contributed by atoms with Crippen molar-refractivity contribution in [1.29, 1.82) is 0 Å². The molecule has 0 atom stereocenters. The highest BCUT2D eigenvalue weighted by Crippen LogP contribution is 2.30. The summed E-state index contributed by atoms with van der Waals surface area (Å²) in [5.74, 6) is -0.665. The van der Waals surface area contributed by atoms with E-state index in [4.69, 9.17) is 5.21 Å². The maximum absolute atomic E-state index is 11.5. The first-order valence-electron chi connectivity index (χ1n) is 8.82. The number of nitrogens with zero attached hydrogens (tertiary/aromatic N) is 3. The number of carbonyl (C=O) groups is 1. The number of hydrogen-bond acceptors (Lipinski definition) is 6. The summed E-state index contributed by atoms with van der Waals surface area (Å²) in [6.45, 7) is 4.16. The third-order valence-corrected chi connectivity index (χ3v) is 4.62. The Bertz CT molecular complexity index is 815. The van der Waals surface area contributed by atoms with Gasteiger partial charge in [-0.3, -0.25) is 14.9 Å². The molecule has 7 nitrogen and oxygen atoms in total. The maximum atomic E-state index is 11.5. The molecule has 0 bridgehead atoms. The van der Waals surface area contributed by atoms with E-state index in [0.717, 1.165) is 32.7 Å². The van der Waals surface area contributed by atoms with Gasteiger partial charge in [-0.1, -0.05) is 42.5 Å². The largest absolute Gasteiger partial charge is 0.367 e. The third-order valence-electron chi connectivity index (χ3n) is 4.62. The molecular weight excluding hydrogens is 344 g/mol. The van der Waals surface area contributed by atoms with Gasteiger partial charge in [-0.15, -0.1) is 4.91 Å². The second-order valence-electron chi connectivity index (χ2n) is 6.34. The smallest absolute Gasteiger partial charge is 0.274 e. The summed E-state index contributed by atoms with van der Waals surface area (Å²) in [4.78, 5) is 27.1. The van der Waals surface area contributed by atoms with E-state index >= 15 is 0 Å². The lowest BCUT2D eigenvalue weighted by molar-refractivity contribution is 0.0706. The van der Waals surface area contributed by atoms with E-state index in [1.54, 1.807) is 17.6 Å². The van der Waals surface area contributed by atoms with Crippen molar-refractivity contribution in [2.24, 2.45) is 5.18 Å². The van der Waals surface area contributed by atoms with Crippen LogP contribution in [0.1, 0.15) is 15.9 Å². The lowest BCUT2D eigenvalue weighted by Gasteiger charge is -2.35. The summed E-state index contributed by atoms with van der Waals surface area (Å²) >= 11 is 0. The molecule has 1 amide bonds. The molecular formula is C20H22N4O3. The average molecular weight is 366 g/mol. The Hall–Kier alpha value is -3.03. The van der Waals surface area contributed by atoms with Crippen molar-refractivity contribution in [3.05, 3.63) is 70.6 Å². The molecule has 1 aliphatic heterocycles. The summed E-state index contributed by atoms with van der Waals surface area (Å²) in [5, 5.41) is 11.8. The normalized spacial score (nSPS) is 15.1. The second-order valence-corrected chi connectivity index (χ2v) is 6.34. The highest BCUT2D eigenvalue weighted by molar-refractivity contribution is 5.95. The molecule has 7 heteroatoms. The molecule has 0 aromatic heterocycles. The van der Waals surface area contributed by atoms with Crippen LogP contribution in [0.3, 0.4) is 0 Å². The lowest BCUT2D eigenvalue weighted by Crippen LogP contribution is -2.46. The Morgan fingerprint density at radius 2 is 1.85 bits per heavy atom. The number of piperazine rings is 1. The van der Waals surface area contributed by atoms with Crippen LogP contribution in [-0.2, 0) is 0 Å². The van der Waals surface area contributed by atoms with Crippen molar-refractivity contribution in [2.45, 2.75) is 0 Å². The molecule has 0 radical (unpaired) electrons. The number of amides is 1. The highest BCUT2D eigenvalue weighted by atomic mass is 16.5. The summed E-state index contributed by atoms with van der Waals surface area (Å²) < 4.78 is 0. The molecule has 0 unspecified atom stereocenters. The van der Waals surface area contributed by atoms with E-state index < -0.39 is 5.91 Å². The zero-order chi connectivity index (χ0) is 19.1. The van der Waals surface area contributed by atoms with Crippen LogP contribution in [-0.4, -0.2) is 48.7 Å². The zero-order valence-corrected chi connectivity index (χ0v) is 14.9. The van der Waals surface area contributed by atoms with Gasteiger partial charge >= 0.3 is 0 Å². The number of nitrogens with one attached hydrogen (secondary N) is 1. The van der Waals surface area contributed by atoms with Crippen molar-refractivity contribution in [3.8, 4) is 0 Å². The van der Waals surface area contributed by atoms with E-state index in [-0.39, 0.29) is 11.3 Å². The molecule has 1 saturated heterocycles. The molecule has 2 N–H and O–H groups in total. The molecule has 3 rings (SSSR count). The highest BCUT2D eigenvalue weighted by Gasteiger charge is 2.20. The second kappa shape index (κ2) is 9.07. The van der Waals surface area contributed by atoms with Crippen LogP contribution < -0.4 is 10.4 Å². The van der Waals surface area contributed by atoms with Gasteiger partial charge in [0.15, 0.2) is 0 Å². The number of rotatable bonds is 6. The van der Waals surface area contributed by atoms with Gasteiger partial charge in [-0.05, 0) is 28.9 Å². The van der Waals surface area contributed by atoms with Crippen molar-refractivity contribution in [2.75, 3.05) is 37.6 Å². The monoisotopic (exact) mass is 366 g/mol. The van der Waals surface area contributed by atoms with E-state index in [1.807, 2.05) is 18.2 Å². The van der Waals surface area contributed by atoms with E-state index in [0.29, 0.717) is 5.69 Å². The van der Waals surface area contributed by atoms with E-state index in [2.05, 4.69) is 39.3 Å². The molecule has 0 spiro atoms. The molecule has 140 valence electrons. The minimum Gasteiger partial charge on any atom is -0.367 e. The Morgan fingerprint density at radius 1 is 1.11 bits per heavy atom. The van der Waals surface area contributed by atoms with Crippen LogP contribution in [0, 0.1) is 4.91 Å². The minimum absolute atomic E-state index is 0.195. The Labute approximate surface area is 157 Å². The summed E-state index contributed by atoms with van der Waals surface area (Å²) in [6.07, 6.45) is 4.28. The minimum atomic E-state index is -0.665. The van der Waals surface area contributed by atoms with Crippen LogP contribution in [0.15, 0.2) is 59.8 Å². The van der Waals surface area contributed by atoms with Crippen LogP contribution in [0.2, 0.25) is 0 Å². The predicted molar refractivity (Wildman–Crippen MR) is 105 cm³/mol. The summed E-state index contributed by atoms with van der Waals surface area (Å²) in [6, 6.07) is 14.9. The van der Waals surface area contributed by atoms with Crippen molar-refractivity contribution < 1.29 is 10.0 Å². The lowest BCUT2D eigenvalue weighted by atomic mass is 10.1. The van der Waals surface area contributed by atoms with Crippen LogP contribution in [0.5, 0.6) is 0 Å². The van der Waals surface area contributed by atoms with Gasteiger partial charge in [0.25, 0.3) is 5.91 Å². The number of benzene rings is 2. The first kappa shape index (κ1) is 18.8.